The van der Waals surface area contributed by atoms with Crippen LogP contribution in [0.1, 0.15) is 24.8 Å². The molecule has 1 fully saturated rings. The highest BCUT2D eigenvalue weighted by Crippen LogP contribution is 2.28. The molecule has 6 heteroatoms. The van der Waals surface area contributed by atoms with Crippen molar-refractivity contribution in [1.82, 2.24) is 5.32 Å². The minimum atomic E-state index is -1.34. The number of carboxylic acid groups (broad SMARTS) is 1. The number of carbonyl (C=O) groups is 2. The smallest absolute Gasteiger partial charge is 0.331 e. The first-order valence-corrected chi connectivity index (χ1v) is 7.48. The highest BCUT2D eigenvalue weighted by atomic mass is 16.5. The van der Waals surface area contributed by atoms with E-state index in [1.165, 1.54) is 0 Å². The first-order chi connectivity index (χ1) is 10.6. The third-order valence-electron chi connectivity index (χ3n) is 4.22. The first kappa shape index (κ1) is 14.8. The molecular weight excluding hydrogens is 286 g/mol. The van der Waals surface area contributed by atoms with Gasteiger partial charge in [-0.05, 0) is 37.3 Å². The van der Waals surface area contributed by atoms with E-state index >= 15 is 0 Å². The molecule has 0 radical (unpaired) electrons. The molecule has 22 heavy (non-hydrogen) atoms. The molecule has 1 saturated heterocycles. The van der Waals surface area contributed by atoms with Crippen molar-refractivity contribution in [2.75, 3.05) is 13.2 Å². The van der Waals surface area contributed by atoms with Gasteiger partial charge in [-0.25, -0.2) is 4.79 Å². The van der Waals surface area contributed by atoms with Gasteiger partial charge in [0.2, 0.25) is 0 Å². The van der Waals surface area contributed by atoms with E-state index in [2.05, 4.69) is 5.32 Å². The van der Waals surface area contributed by atoms with Crippen LogP contribution >= 0.6 is 0 Å². The van der Waals surface area contributed by atoms with Crippen molar-refractivity contribution in [1.29, 1.82) is 0 Å². The highest BCUT2D eigenvalue weighted by molar-refractivity contribution is 5.89. The molecule has 2 atom stereocenters. The minimum Gasteiger partial charge on any atom is -0.480 e. The van der Waals surface area contributed by atoms with Crippen LogP contribution in [0.2, 0.25) is 0 Å². The number of hydrogen-bond donors (Lipinski definition) is 2. The van der Waals surface area contributed by atoms with Crippen molar-refractivity contribution < 1.29 is 24.2 Å². The first-order valence-electron chi connectivity index (χ1n) is 7.48. The Hall–Kier alpha value is -2.08. The molecule has 2 heterocycles. The van der Waals surface area contributed by atoms with Crippen LogP contribution in [0.5, 0.6) is 5.75 Å². The van der Waals surface area contributed by atoms with E-state index in [0.29, 0.717) is 31.6 Å². The summed E-state index contributed by atoms with van der Waals surface area (Å²) in [5.41, 5.74) is -0.268. The van der Waals surface area contributed by atoms with Gasteiger partial charge >= 0.3 is 5.97 Å². The lowest BCUT2D eigenvalue weighted by Crippen LogP contribution is -2.61. The zero-order chi connectivity index (χ0) is 15.6. The second-order valence-corrected chi connectivity index (χ2v) is 5.79. The van der Waals surface area contributed by atoms with Crippen LogP contribution in [-0.4, -0.2) is 41.8 Å². The second kappa shape index (κ2) is 5.96. The normalized spacial score (nSPS) is 27.4. The highest BCUT2D eigenvalue weighted by Gasteiger charge is 2.43. The fourth-order valence-corrected chi connectivity index (χ4v) is 2.94. The lowest BCUT2D eigenvalue weighted by Gasteiger charge is -2.35. The summed E-state index contributed by atoms with van der Waals surface area (Å²) < 4.78 is 11.0. The van der Waals surface area contributed by atoms with Crippen molar-refractivity contribution in [3.05, 3.63) is 29.8 Å². The van der Waals surface area contributed by atoms with Crippen LogP contribution in [-0.2, 0) is 20.7 Å². The molecule has 1 aromatic rings. The number of amides is 1. The summed E-state index contributed by atoms with van der Waals surface area (Å²) in [4.78, 5) is 24.0. The zero-order valence-corrected chi connectivity index (χ0v) is 12.2. The van der Waals surface area contributed by atoms with Gasteiger partial charge in [-0.2, -0.15) is 0 Å². The largest absolute Gasteiger partial charge is 0.480 e. The number of hydrogen-bond acceptors (Lipinski definition) is 4. The molecule has 0 saturated carbocycles. The number of rotatable bonds is 3. The number of ether oxygens (including phenoxy) is 2. The molecular formula is C16H19NO5. The maximum atomic E-state index is 12.4. The van der Waals surface area contributed by atoms with E-state index in [1.54, 1.807) is 0 Å². The van der Waals surface area contributed by atoms with Gasteiger partial charge < -0.3 is 19.9 Å². The summed E-state index contributed by atoms with van der Waals surface area (Å²) >= 11 is 0. The topological polar surface area (TPSA) is 84.9 Å². The van der Waals surface area contributed by atoms with E-state index in [1.807, 2.05) is 24.3 Å². The van der Waals surface area contributed by atoms with Gasteiger partial charge in [-0.3, -0.25) is 4.79 Å². The van der Waals surface area contributed by atoms with E-state index in [0.717, 1.165) is 12.0 Å². The third kappa shape index (κ3) is 2.78. The van der Waals surface area contributed by atoms with Crippen molar-refractivity contribution >= 4 is 11.9 Å². The molecule has 2 aliphatic heterocycles. The van der Waals surface area contributed by atoms with Crippen LogP contribution < -0.4 is 10.1 Å². The molecule has 2 N–H and O–H groups in total. The average molecular weight is 305 g/mol. The van der Waals surface area contributed by atoms with Crippen molar-refractivity contribution in [2.24, 2.45) is 0 Å². The minimum absolute atomic E-state index is 0.00260. The Morgan fingerprint density at radius 2 is 2.14 bits per heavy atom. The van der Waals surface area contributed by atoms with Gasteiger partial charge in [0.1, 0.15) is 5.75 Å². The number of aryl methyl sites for hydroxylation is 1. The monoisotopic (exact) mass is 305 g/mol. The van der Waals surface area contributed by atoms with Gasteiger partial charge in [-0.1, -0.05) is 18.2 Å². The maximum Gasteiger partial charge on any atom is 0.331 e. The fourth-order valence-electron chi connectivity index (χ4n) is 2.94. The van der Waals surface area contributed by atoms with E-state index in [9.17, 15) is 14.7 Å². The SMILES string of the molecule is O=C(NC1(C(=O)O)CCCOC1)C1CCc2ccccc2O1. The average Bonchev–Trinajstić information content (AvgIpc) is 2.55. The predicted molar refractivity (Wildman–Crippen MR) is 77.7 cm³/mol. The Kier molecular flexibility index (Phi) is 4.02. The van der Waals surface area contributed by atoms with Gasteiger partial charge in [0.15, 0.2) is 11.6 Å². The third-order valence-corrected chi connectivity index (χ3v) is 4.22. The van der Waals surface area contributed by atoms with Gasteiger partial charge in [0.25, 0.3) is 5.91 Å². The molecule has 3 rings (SSSR count). The summed E-state index contributed by atoms with van der Waals surface area (Å²) in [7, 11) is 0. The number of aliphatic carboxylic acids is 1. The Bertz CT molecular complexity index is 580. The zero-order valence-electron chi connectivity index (χ0n) is 12.2. The van der Waals surface area contributed by atoms with Gasteiger partial charge in [0, 0.05) is 6.61 Å². The van der Waals surface area contributed by atoms with E-state index in [4.69, 9.17) is 9.47 Å². The van der Waals surface area contributed by atoms with Crippen molar-refractivity contribution in [3.8, 4) is 5.75 Å². The molecule has 0 spiro atoms. The summed E-state index contributed by atoms with van der Waals surface area (Å²) in [5, 5.41) is 12.1. The number of carboxylic acids is 1. The number of para-hydroxylation sites is 1. The molecule has 6 nitrogen and oxygen atoms in total. The van der Waals surface area contributed by atoms with Gasteiger partial charge in [-0.15, -0.1) is 0 Å². The predicted octanol–water partition coefficient (Wildman–Crippen LogP) is 1.13. The number of benzene rings is 1. The molecule has 118 valence electrons. The Balaban J connectivity index is 1.70. The molecule has 1 aromatic carbocycles. The molecule has 0 bridgehead atoms. The fraction of sp³-hybridized carbons (Fsp3) is 0.500. The molecule has 2 unspecified atom stereocenters. The quantitative estimate of drug-likeness (QED) is 0.874. The summed E-state index contributed by atoms with van der Waals surface area (Å²) in [5.74, 6) is -0.752. The Labute approximate surface area is 128 Å². The maximum absolute atomic E-state index is 12.4. The summed E-state index contributed by atoms with van der Waals surface area (Å²) in [6.45, 7) is 0.523. The van der Waals surface area contributed by atoms with Crippen molar-refractivity contribution in [2.45, 2.75) is 37.3 Å². The van der Waals surface area contributed by atoms with Gasteiger partial charge in [0.05, 0.1) is 6.61 Å². The molecule has 2 aliphatic rings. The lowest BCUT2D eigenvalue weighted by molar-refractivity contribution is -0.155. The van der Waals surface area contributed by atoms with E-state index in [-0.39, 0.29) is 12.5 Å². The number of carbonyl (C=O) groups excluding carboxylic acids is 1. The van der Waals surface area contributed by atoms with Crippen LogP contribution in [0.25, 0.3) is 0 Å². The molecule has 0 aliphatic carbocycles. The standard InChI is InChI=1S/C16H19NO5/c18-14(17-16(15(19)20)8-3-9-21-10-16)13-7-6-11-4-1-2-5-12(11)22-13/h1-2,4-5,13H,3,6-10H2,(H,17,18)(H,19,20). The Morgan fingerprint density at radius 1 is 1.32 bits per heavy atom. The number of fused-ring (bicyclic) bond motifs is 1. The lowest BCUT2D eigenvalue weighted by atomic mass is 9.91. The molecule has 0 aromatic heterocycles. The van der Waals surface area contributed by atoms with Crippen LogP contribution in [0.15, 0.2) is 24.3 Å². The summed E-state index contributed by atoms with van der Waals surface area (Å²) in [6.07, 6.45) is 1.61. The Morgan fingerprint density at radius 3 is 2.86 bits per heavy atom. The van der Waals surface area contributed by atoms with E-state index < -0.39 is 17.6 Å². The van der Waals surface area contributed by atoms with Crippen LogP contribution in [0.3, 0.4) is 0 Å². The second-order valence-electron chi connectivity index (χ2n) is 5.79. The number of nitrogens with one attached hydrogen (secondary N) is 1. The van der Waals surface area contributed by atoms with Crippen LogP contribution in [0.4, 0.5) is 0 Å². The summed E-state index contributed by atoms with van der Waals surface area (Å²) in [6, 6.07) is 7.58. The van der Waals surface area contributed by atoms with Crippen molar-refractivity contribution in [3.63, 3.8) is 0 Å². The van der Waals surface area contributed by atoms with Crippen LogP contribution in [0, 0.1) is 0 Å². The molecule has 1 amide bonds.